The molecule has 1 rings (SSSR count). The van der Waals surface area contributed by atoms with Crippen molar-refractivity contribution in [3.63, 3.8) is 0 Å². The molecular weight excluding hydrogens is 467 g/mol. The second-order valence-electron chi connectivity index (χ2n) is 5.53. The molecule has 0 saturated carbocycles. The van der Waals surface area contributed by atoms with Gasteiger partial charge >= 0.3 is 35.5 Å². The number of nitrogens with zero attached hydrogens (tertiary/aromatic N) is 1. The average Bonchev–Trinajstić information content (AvgIpc) is 2.48. The Labute approximate surface area is 189 Å². The molecular formula is C12H19N2NaO11S3. The molecule has 1 aromatic carbocycles. The molecule has 1 unspecified atom stereocenters. The molecule has 4 N–H and O–H groups in total. The van der Waals surface area contributed by atoms with E-state index in [0.29, 0.717) is 24.2 Å². The Bertz CT molecular complexity index is 1020. The van der Waals surface area contributed by atoms with E-state index < -0.39 is 50.8 Å². The number of benzene rings is 1. The topological polar surface area (TPSA) is 205 Å². The molecule has 0 radical (unpaired) electrons. The summed E-state index contributed by atoms with van der Waals surface area (Å²) in [5, 5.41) is 2.15. The molecule has 13 nitrogen and oxygen atoms in total. The van der Waals surface area contributed by atoms with Crippen LogP contribution in [-0.4, -0.2) is 106 Å². The van der Waals surface area contributed by atoms with Gasteiger partial charge in [0.2, 0.25) is 0 Å². The minimum atomic E-state index is -6.23. The third-order valence-corrected chi connectivity index (χ3v) is 9.15. The van der Waals surface area contributed by atoms with Crippen molar-refractivity contribution in [1.29, 1.82) is 0 Å². The predicted octanol–water partition coefficient (Wildman–Crippen LogP) is -2.21. The number of nitrogens with one attached hydrogen (secondary N) is 1. The van der Waals surface area contributed by atoms with Gasteiger partial charge in [-0.1, -0.05) is 30.3 Å². The van der Waals surface area contributed by atoms with Gasteiger partial charge in [0.05, 0.1) is 0 Å². The van der Waals surface area contributed by atoms with Gasteiger partial charge in [-0.25, -0.2) is 4.79 Å². The van der Waals surface area contributed by atoms with Gasteiger partial charge in [0.25, 0.3) is 39.3 Å². The Kier molecular flexibility index (Phi) is 9.02. The zero-order chi connectivity index (χ0) is 22.2. The first-order valence-corrected chi connectivity index (χ1v) is 11.4. The fourth-order valence-corrected chi connectivity index (χ4v) is 7.95. The number of hydrogen-bond acceptors (Lipinski definition) is 10. The summed E-state index contributed by atoms with van der Waals surface area (Å²) in [6.45, 7) is 0. The van der Waals surface area contributed by atoms with Gasteiger partial charge in [-0.2, -0.15) is 25.3 Å². The van der Waals surface area contributed by atoms with E-state index >= 15 is 0 Å². The van der Waals surface area contributed by atoms with E-state index in [0.717, 1.165) is 26.2 Å². The number of likely N-dealkylation sites (N-methyl/N-ethyl adjacent to an activating group) is 1. The Morgan fingerprint density at radius 1 is 0.931 bits per heavy atom. The monoisotopic (exact) mass is 486 g/mol. The van der Waals surface area contributed by atoms with E-state index in [1.165, 1.54) is 6.07 Å². The normalized spacial score (nSPS) is 15.3. The fraction of sp³-hybridized carbons (Fsp3) is 0.417. The Morgan fingerprint density at radius 3 is 1.62 bits per heavy atom. The van der Waals surface area contributed by atoms with Crippen molar-refractivity contribution >= 4 is 65.9 Å². The van der Waals surface area contributed by atoms with E-state index in [1.807, 2.05) is 0 Å². The Morgan fingerprint density at radius 2 is 1.34 bits per heavy atom. The van der Waals surface area contributed by atoms with E-state index in [4.69, 9.17) is 0 Å². The molecule has 0 bridgehead atoms. The summed E-state index contributed by atoms with van der Waals surface area (Å²) in [4.78, 5) is 13.0. The van der Waals surface area contributed by atoms with Crippen LogP contribution in [-0.2, 0) is 44.1 Å². The van der Waals surface area contributed by atoms with Crippen LogP contribution < -0.4 is 5.32 Å². The number of hydrogen-bond donors (Lipinski definition) is 4. The van der Waals surface area contributed by atoms with Gasteiger partial charge in [0.1, 0.15) is 0 Å². The first-order chi connectivity index (χ1) is 12.5. The van der Waals surface area contributed by atoms with Crippen LogP contribution in [0, 0.1) is 0 Å². The summed E-state index contributed by atoms with van der Waals surface area (Å²) < 4.78 is 98.8. The summed E-state index contributed by atoms with van der Waals surface area (Å²) in [6.07, 6.45) is 0. The second kappa shape index (κ2) is 9.23. The minimum absolute atomic E-state index is 0. The molecule has 0 aromatic heterocycles. The van der Waals surface area contributed by atoms with Gasteiger partial charge in [-0.3, -0.25) is 19.0 Å². The van der Waals surface area contributed by atoms with Crippen LogP contribution in [0.25, 0.3) is 0 Å². The van der Waals surface area contributed by atoms with Crippen molar-refractivity contribution in [3.05, 3.63) is 35.9 Å². The molecule has 0 saturated heterocycles. The van der Waals surface area contributed by atoms with Crippen LogP contribution in [0.15, 0.2) is 30.3 Å². The molecule has 0 amide bonds. The number of hydroxylamine groups is 2. The van der Waals surface area contributed by atoms with Crippen molar-refractivity contribution in [2.75, 3.05) is 21.1 Å². The van der Waals surface area contributed by atoms with Crippen LogP contribution in [0.3, 0.4) is 0 Å². The van der Waals surface area contributed by atoms with Crippen molar-refractivity contribution in [1.82, 2.24) is 10.4 Å². The zero-order valence-electron chi connectivity index (χ0n) is 14.7. The SMILES string of the molecule is CNC(C(=O)ON(C)C)(C(c1ccccc1)(S(=O)(=O)O)S(=O)(=O)O)S(=O)(=O)O.[NaH]. The number of carbonyl (C=O) groups is 1. The van der Waals surface area contributed by atoms with Gasteiger partial charge in [0.15, 0.2) is 0 Å². The Hall–Kier alpha value is -0.660. The maximum atomic E-state index is 12.6. The molecule has 0 heterocycles. The second-order valence-corrected chi connectivity index (χ2v) is 10.5. The first kappa shape index (κ1) is 28.3. The van der Waals surface area contributed by atoms with Gasteiger partial charge in [-0.15, -0.1) is 5.06 Å². The quantitative estimate of drug-likeness (QED) is 0.175. The van der Waals surface area contributed by atoms with Crippen LogP contribution >= 0.6 is 0 Å². The molecule has 1 aromatic rings. The summed E-state index contributed by atoms with van der Waals surface area (Å²) in [5.74, 6) is -2.18. The van der Waals surface area contributed by atoms with Crippen molar-refractivity contribution in [2.24, 2.45) is 0 Å². The molecule has 0 aliphatic heterocycles. The maximum absolute atomic E-state index is 12.6. The van der Waals surface area contributed by atoms with Gasteiger partial charge in [0, 0.05) is 14.1 Å². The molecule has 29 heavy (non-hydrogen) atoms. The Balaban J connectivity index is 0.00000784. The van der Waals surface area contributed by atoms with Crippen LogP contribution in [0.4, 0.5) is 0 Å². The van der Waals surface area contributed by atoms with Gasteiger partial charge in [-0.05, 0) is 12.6 Å². The van der Waals surface area contributed by atoms with E-state index in [1.54, 1.807) is 5.32 Å². The average molecular weight is 486 g/mol. The summed E-state index contributed by atoms with van der Waals surface area (Å²) in [7, 11) is -15.9. The van der Waals surface area contributed by atoms with E-state index in [-0.39, 0.29) is 29.6 Å². The molecule has 0 aliphatic rings. The number of rotatable bonds is 8. The molecule has 0 aliphatic carbocycles. The van der Waals surface area contributed by atoms with Crippen molar-refractivity contribution in [2.45, 2.75) is 8.95 Å². The van der Waals surface area contributed by atoms with E-state index in [2.05, 4.69) is 4.84 Å². The molecule has 0 fully saturated rings. The third-order valence-electron chi connectivity index (χ3n) is 3.64. The van der Waals surface area contributed by atoms with Gasteiger partial charge < -0.3 is 4.84 Å². The molecule has 17 heteroatoms. The predicted molar refractivity (Wildman–Crippen MR) is 101 cm³/mol. The molecule has 162 valence electrons. The van der Waals surface area contributed by atoms with Crippen molar-refractivity contribution < 1.29 is 48.5 Å². The summed E-state index contributed by atoms with van der Waals surface area (Å²) in [6, 6.07) is 4.71. The van der Waals surface area contributed by atoms with Crippen LogP contribution in [0.1, 0.15) is 5.56 Å². The van der Waals surface area contributed by atoms with Crippen LogP contribution in [0.2, 0.25) is 0 Å². The number of carbonyl (C=O) groups excluding carboxylic acids is 1. The van der Waals surface area contributed by atoms with E-state index in [9.17, 15) is 43.7 Å². The zero-order valence-corrected chi connectivity index (χ0v) is 17.1. The fourth-order valence-electron chi connectivity index (χ4n) is 2.69. The van der Waals surface area contributed by atoms with Crippen LogP contribution in [0.5, 0.6) is 0 Å². The third kappa shape index (κ3) is 4.52. The summed E-state index contributed by atoms with van der Waals surface area (Å²) in [5.41, 5.74) is -1.08. The molecule has 1 atom stereocenters. The summed E-state index contributed by atoms with van der Waals surface area (Å²) >= 11 is 0. The first-order valence-electron chi connectivity index (χ1n) is 7.06. The van der Waals surface area contributed by atoms with Crippen molar-refractivity contribution in [3.8, 4) is 0 Å². The standard InChI is InChI=1S/C12H18N2O11S3.Na.H/c1-13-11(26(16,17)18,10(15)25-14(2)3)12(27(19,20)21,28(22,23)24)9-7-5-4-6-8-9;;/h4-8,13H,1-3H3,(H,16,17,18)(H,19,20,21)(H,22,23,24);;. The molecule has 0 spiro atoms.